The van der Waals surface area contributed by atoms with E-state index in [2.05, 4.69) is 5.43 Å². The molecule has 4 nitrogen and oxygen atoms in total. The van der Waals surface area contributed by atoms with E-state index in [4.69, 9.17) is 10.6 Å². The molecule has 0 bridgehead atoms. The van der Waals surface area contributed by atoms with Crippen LogP contribution in [-0.2, 0) is 9.53 Å². The third-order valence-corrected chi connectivity index (χ3v) is 2.73. The molecule has 4 heteroatoms. The van der Waals surface area contributed by atoms with Crippen LogP contribution in [-0.4, -0.2) is 18.6 Å². The minimum absolute atomic E-state index is 0.171. The number of carbonyl (C=O) groups excluding carboxylic acids is 1. The number of hydrogen-bond acceptors (Lipinski definition) is 3. The molecule has 14 heavy (non-hydrogen) atoms. The minimum atomic E-state index is -0.530. The first-order valence-electron chi connectivity index (χ1n) is 5.19. The van der Waals surface area contributed by atoms with E-state index in [0.717, 1.165) is 12.8 Å². The van der Waals surface area contributed by atoms with E-state index in [-0.39, 0.29) is 5.91 Å². The number of hydrazine groups is 1. The smallest absolute Gasteiger partial charge is 0.241 e. The number of rotatable bonds is 4. The topological polar surface area (TPSA) is 64.3 Å². The van der Waals surface area contributed by atoms with Gasteiger partial charge in [-0.2, -0.15) is 0 Å². The molecule has 0 aromatic carbocycles. The van der Waals surface area contributed by atoms with Crippen molar-refractivity contribution < 1.29 is 9.53 Å². The van der Waals surface area contributed by atoms with E-state index in [1.807, 2.05) is 13.8 Å². The van der Waals surface area contributed by atoms with Gasteiger partial charge in [-0.25, -0.2) is 5.84 Å². The monoisotopic (exact) mass is 200 g/mol. The molecule has 1 amide bonds. The molecule has 1 aliphatic rings. The molecule has 1 saturated carbocycles. The Hall–Kier alpha value is -0.610. The molecule has 0 radical (unpaired) electrons. The summed E-state index contributed by atoms with van der Waals surface area (Å²) in [6.45, 7) is 4.12. The van der Waals surface area contributed by atoms with Crippen LogP contribution < -0.4 is 11.3 Å². The lowest BCUT2D eigenvalue weighted by Crippen LogP contribution is -2.43. The van der Waals surface area contributed by atoms with Crippen molar-refractivity contribution in [3.63, 3.8) is 0 Å². The van der Waals surface area contributed by atoms with Crippen LogP contribution >= 0.6 is 0 Å². The number of nitrogens with one attached hydrogen (secondary N) is 1. The van der Waals surface area contributed by atoms with Gasteiger partial charge in [0.25, 0.3) is 0 Å². The highest BCUT2D eigenvalue weighted by molar-refractivity contribution is 5.81. The first kappa shape index (κ1) is 11.5. The molecule has 1 fully saturated rings. The zero-order valence-corrected chi connectivity index (χ0v) is 9.01. The molecule has 1 rings (SSSR count). The summed E-state index contributed by atoms with van der Waals surface area (Å²) < 4.78 is 5.67. The first-order valence-corrected chi connectivity index (χ1v) is 5.19. The second kappa shape index (κ2) is 4.75. The fraction of sp³-hybridized carbons (Fsp3) is 0.900. The quantitative estimate of drug-likeness (QED) is 0.403. The molecule has 0 spiro atoms. The Labute approximate surface area is 85.2 Å². The molecule has 0 heterocycles. The van der Waals surface area contributed by atoms with Crippen LogP contribution in [0.5, 0.6) is 0 Å². The number of hydrogen-bond donors (Lipinski definition) is 2. The summed E-state index contributed by atoms with van der Waals surface area (Å²) in [7, 11) is 0. The summed E-state index contributed by atoms with van der Waals surface area (Å²) in [5.74, 6) is 4.92. The lowest BCUT2D eigenvalue weighted by atomic mass is 9.94. The maximum atomic E-state index is 11.3. The number of amides is 1. The predicted molar refractivity (Wildman–Crippen MR) is 54.3 cm³/mol. The molecule has 0 aliphatic heterocycles. The largest absolute Gasteiger partial charge is 0.377 e. The van der Waals surface area contributed by atoms with E-state index in [0.29, 0.717) is 12.7 Å². The highest BCUT2D eigenvalue weighted by Gasteiger charge is 2.29. The third-order valence-electron chi connectivity index (χ3n) is 2.73. The summed E-state index contributed by atoms with van der Waals surface area (Å²) in [6, 6.07) is 0. The van der Waals surface area contributed by atoms with Crippen molar-refractivity contribution in [2.24, 2.45) is 11.3 Å². The van der Waals surface area contributed by atoms with Crippen molar-refractivity contribution in [2.75, 3.05) is 6.61 Å². The average molecular weight is 200 g/mol. The maximum absolute atomic E-state index is 11.3. The molecular weight excluding hydrogens is 180 g/mol. The van der Waals surface area contributed by atoms with Crippen LogP contribution in [0.15, 0.2) is 0 Å². The van der Waals surface area contributed by atoms with Crippen molar-refractivity contribution in [2.45, 2.75) is 45.6 Å². The molecule has 0 saturated heterocycles. The van der Waals surface area contributed by atoms with Crippen molar-refractivity contribution in [1.82, 2.24) is 5.43 Å². The fourth-order valence-corrected chi connectivity index (χ4v) is 1.64. The first-order chi connectivity index (χ1) is 6.56. The summed E-state index contributed by atoms with van der Waals surface area (Å²) >= 11 is 0. The SMILES string of the molecule is CC(C)(COC1CCCC1)C(=O)NN. The Morgan fingerprint density at radius 1 is 1.50 bits per heavy atom. The van der Waals surface area contributed by atoms with E-state index < -0.39 is 5.41 Å². The molecule has 0 aromatic heterocycles. The molecule has 0 atom stereocenters. The molecule has 82 valence electrons. The van der Waals surface area contributed by atoms with Crippen LogP contribution in [0.4, 0.5) is 0 Å². The lowest BCUT2D eigenvalue weighted by Gasteiger charge is -2.24. The minimum Gasteiger partial charge on any atom is -0.377 e. The Kier molecular flexibility index (Phi) is 3.89. The zero-order valence-electron chi connectivity index (χ0n) is 9.01. The van der Waals surface area contributed by atoms with Gasteiger partial charge in [0.15, 0.2) is 0 Å². The van der Waals surface area contributed by atoms with Gasteiger partial charge in [0.1, 0.15) is 0 Å². The van der Waals surface area contributed by atoms with Crippen molar-refractivity contribution >= 4 is 5.91 Å². The lowest BCUT2D eigenvalue weighted by molar-refractivity contribution is -0.133. The average Bonchev–Trinajstić information content (AvgIpc) is 2.66. The zero-order chi connectivity index (χ0) is 10.6. The summed E-state index contributed by atoms with van der Waals surface area (Å²) in [4.78, 5) is 11.3. The van der Waals surface area contributed by atoms with Gasteiger partial charge in [-0.15, -0.1) is 0 Å². The molecule has 1 aliphatic carbocycles. The van der Waals surface area contributed by atoms with Crippen molar-refractivity contribution in [3.8, 4) is 0 Å². The van der Waals surface area contributed by atoms with Crippen LogP contribution in [0.25, 0.3) is 0 Å². The standard InChI is InChI=1S/C10H20N2O2/c1-10(2,9(13)12-11)7-14-8-5-3-4-6-8/h8H,3-7,11H2,1-2H3,(H,12,13). The maximum Gasteiger partial charge on any atom is 0.241 e. The molecular formula is C10H20N2O2. The number of carbonyl (C=O) groups is 1. The van der Waals surface area contributed by atoms with Crippen molar-refractivity contribution in [1.29, 1.82) is 0 Å². The van der Waals surface area contributed by atoms with Gasteiger partial charge in [-0.05, 0) is 26.7 Å². The molecule has 0 aromatic rings. The van der Waals surface area contributed by atoms with Gasteiger partial charge in [0, 0.05) is 0 Å². The predicted octanol–water partition coefficient (Wildman–Crippen LogP) is 0.962. The highest BCUT2D eigenvalue weighted by Crippen LogP contribution is 2.24. The fourth-order valence-electron chi connectivity index (χ4n) is 1.64. The van der Waals surface area contributed by atoms with E-state index in [9.17, 15) is 4.79 Å². The van der Waals surface area contributed by atoms with Gasteiger partial charge < -0.3 is 4.74 Å². The van der Waals surface area contributed by atoms with Crippen LogP contribution in [0.2, 0.25) is 0 Å². The Balaban J connectivity index is 2.31. The Bertz CT molecular complexity index is 198. The van der Waals surface area contributed by atoms with Crippen LogP contribution in [0.1, 0.15) is 39.5 Å². The number of ether oxygens (including phenoxy) is 1. The number of nitrogens with two attached hydrogens (primary N) is 1. The molecule has 3 N–H and O–H groups in total. The second-order valence-electron chi connectivity index (χ2n) is 4.57. The van der Waals surface area contributed by atoms with E-state index >= 15 is 0 Å². The Morgan fingerprint density at radius 2 is 2.07 bits per heavy atom. The normalized spacial score (nSPS) is 18.5. The Morgan fingerprint density at radius 3 is 2.57 bits per heavy atom. The van der Waals surface area contributed by atoms with Crippen LogP contribution in [0.3, 0.4) is 0 Å². The van der Waals surface area contributed by atoms with Gasteiger partial charge in [-0.1, -0.05) is 12.8 Å². The van der Waals surface area contributed by atoms with E-state index in [1.54, 1.807) is 0 Å². The van der Waals surface area contributed by atoms with Gasteiger partial charge in [0.2, 0.25) is 5.91 Å². The highest BCUT2D eigenvalue weighted by atomic mass is 16.5. The third kappa shape index (κ3) is 2.96. The van der Waals surface area contributed by atoms with Gasteiger partial charge in [-0.3, -0.25) is 10.2 Å². The van der Waals surface area contributed by atoms with Gasteiger partial charge >= 0.3 is 0 Å². The van der Waals surface area contributed by atoms with Crippen molar-refractivity contribution in [3.05, 3.63) is 0 Å². The van der Waals surface area contributed by atoms with Crippen LogP contribution in [0, 0.1) is 5.41 Å². The van der Waals surface area contributed by atoms with Gasteiger partial charge in [0.05, 0.1) is 18.1 Å². The van der Waals surface area contributed by atoms with E-state index in [1.165, 1.54) is 12.8 Å². The summed E-state index contributed by atoms with van der Waals surface area (Å²) in [5, 5.41) is 0. The summed E-state index contributed by atoms with van der Waals surface area (Å²) in [5.41, 5.74) is 1.63. The molecule has 0 unspecified atom stereocenters. The summed E-state index contributed by atoms with van der Waals surface area (Å²) in [6.07, 6.45) is 5.09. The second-order valence-corrected chi connectivity index (χ2v) is 4.57.